The highest BCUT2D eigenvalue weighted by Gasteiger charge is 2.29. The van der Waals surface area contributed by atoms with E-state index in [1.165, 1.54) is 30.4 Å². The van der Waals surface area contributed by atoms with Gasteiger partial charge in [-0.3, -0.25) is 0 Å². The molecule has 1 aromatic carbocycles. The Bertz CT molecular complexity index is 367. The van der Waals surface area contributed by atoms with Crippen molar-refractivity contribution in [1.82, 2.24) is 5.32 Å². The van der Waals surface area contributed by atoms with Crippen LogP contribution in [0.3, 0.4) is 0 Å². The zero-order valence-electron chi connectivity index (χ0n) is 12.2. The van der Waals surface area contributed by atoms with Gasteiger partial charge in [0.15, 0.2) is 0 Å². The van der Waals surface area contributed by atoms with Crippen molar-refractivity contribution in [3.05, 3.63) is 35.4 Å². The summed E-state index contributed by atoms with van der Waals surface area (Å²) in [5.41, 5.74) is 2.84. The standard InChI is InChI=1S/C17H27NO/c1-13-5-7-15(8-6-13)16-10-17(11-16)18-9-3-4-14(2)12-19/h5-8,14,16-19H,3-4,9-12H2,1-2H3. The van der Waals surface area contributed by atoms with Gasteiger partial charge < -0.3 is 10.4 Å². The Morgan fingerprint density at radius 3 is 2.58 bits per heavy atom. The summed E-state index contributed by atoms with van der Waals surface area (Å²) in [4.78, 5) is 0. The Hall–Kier alpha value is -0.860. The zero-order chi connectivity index (χ0) is 13.7. The van der Waals surface area contributed by atoms with Crippen LogP contribution in [-0.4, -0.2) is 24.3 Å². The third-order valence-corrected chi connectivity index (χ3v) is 4.31. The maximum Gasteiger partial charge on any atom is 0.0456 e. The third-order valence-electron chi connectivity index (χ3n) is 4.31. The van der Waals surface area contributed by atoms with Crippen LogP contribution in [0.5, 0.6) is 0 Å². The molecule has 1 aliphatic rings. The summed E-state index contributed by atoms with van der Waals surface area (Å²) >= 11 is 0. The van der Waals surface area contributed by atoms with Crippen LogP contribution in [0.2, 0.25) is 0 Å². The quantitative estimate of drug-likeness (QED) is 0.739. The van der Waals surface area contributed by atoms with Gasteiger partial charge >= 0.3 is 0 Å². The van der Waals surface area contributed by atoms with E-state index < -0.39 is 0 Å². The lowest BCUT2D eigenvalue weighted by atomic mass is 9.75. The van der Waals surface area contributed by atoms with Crippen molar-refractivity contribution in [3.63, 3.8) is 0 Å². The molecule has 2 N–H and O–H groups in total. The number of aliphatic hydroxyl groups excluding tert-OH is 1. The highest BCUT2D eigenvalue weighted by Crippen LogP contribution is 2.36. The van der Waals surface area contributed by atoms with Crippen LogP contribution in [0.1, 0.15) is 49.7 Å². The van der Waals surface area contributed by atoms with Gasteiger partial charge in [-0.2, -0.15) is 0 Å². The van der Waals surface area contributed by atoms with Crippen molar-refractivity contribution in [2.75, 3.05) is 13.2 Å². The molecule has 1 aromatic rings. The average molecular weight is 261 g/mol. The molecule has 1 atom stereocenters. The number of aliphatic hydroxyl groups is 1. The Morgan fingerprint density at radius 2 is 1.95 bits per heavy atom. The molecule has 1 fully saturated rings. The summed E-state index contributed by atoms with van der Waals surface area (Å²) in [6.07, 6.45) is 4.85. The Morgan fingerprint density at radius 1 is 1.26 bits per heavy atom. The number of benzene rings is 1. The SMILES string of the molecule is Cc1ccc(C2CC(NCCCC(C)CO)C2)cc1. The minimum absolute atomic E-state index is 0.318. The van der Waals surface area contributed by atoms with E-state index in [-0.39, 0.29) is 0 Å². The van der Waals surface area contributed by atoms with Crippen LogP contribution in [0.15, 0.2) is 24.3 Å². The number of hydrogen-bond donors (Lipinski definition) is 2. The van der Waals surface area contributed by atoms with Crippen LogP contribution < -0.4 is 5.32 Å². The van der Waals surface area contributed by atoms with E-state index in [2.05, 4.69) is 43.4 Å². The van der Waals surface area contributed by atoms with Gasteiger partial charge in [0.2, 0.25) is 0 Å². The predicted octanol–water partition coefficient (Wildman–Crippen LogP) is 3.24. The fourth-order valence-electron chi connectivity index (χ4n) is 2.74. The largest absolute Gasteiger partial charge is 0.396 e. The normalized spacial score (nSPS) is 23.9. The molecule has 0 heterocycles. The lowest BCUT2D eigenvalue weighted by Gasteiger charge is -2.36. The van der Waals surface area contributed by atoms with Crippen molar-refractivity contribution >= 4 is 0 Å². The molecule has 1 unspecified atom stereocenters. The molecule has 1 saturated carbocycles. The maximum atomic E-state index is 8.96. The van der Waals surface area contributed by atoms with Gasteiger partial charge in [0.05, 0.1) is 0 Å². The van der Waals surface area contributed by atoms with Gasteiger partial charge in [-0.1, -0.05) is 36.8 Å². The second kappa shape index (κ2) is 7.06. The first-order valence-corrected chi connectivity index (χ1v) is 7.60. The molecule has 19 heavy (non-hydrogen) atoms. The molecule has 1 aliphatic carbocycles. The molecule has 0 spiro atoms. The van der Waals surface area contributed by atoms with Gasteiger partial charge in [0.1, 0.15) is 0 Å². The molecule has 0 amide bonds. The molecule has 2 nitrogen and oxygen atoms in total. The van der Waals surface area contributed by atoms with Crippen molar-refractivity contribution < 1.29 is 5.11 Å². The fraction of sp³-hybridized carbons (Fsp3) is 0.647. The molecule has 0 aliphatic heterocycles. The average Bonchev–Trinajstić information content (AvgIpc) is 2.37. The molecule has 2 heteroatoms. The van der Waals surface area contributed by atoms with Crippen LogP contribution in [0.4, 0.5) is 0 Å². The van der Waals surface area contributed by atoms with Crippen molar-refractivity contribution in [1.29, 1.82) is 0 Å². The molecular weight excluding hydrogens is 234 g/mol. The van der Waals surface area contributed by atoms with E-state index in [1.54, 1.807) is 0 Å². The van der Waals surface area contributed by atoms with Gasteiger partial charge in [-0.15, -0.1) is 0 Å². The van der Waals surface area contributed by atoms with Crippen LogP contribution >= 0.6 is 0 Å². The highest BCUT2D eigenvalue weighted by atomic mass is 16.3. The van der Waals surface area contributed by atoms with E-state index in [9.17, 15) is 0 Å². The smallest absolute Gasteiger partial charge is 0.0456 e. The molecule has 0 aromatic heterocycles. The van der Waals surface area contributed by atoms with Gasteiger partial charge in [-0.25, -0.2) is 0 Å². The summed E-state index contributed by atoms with van der Waals surface area (Å²) in [7, 11) is 0. The molecule has 0 saturated heterocycles. The second-order valence-electron chi connectivity index (χ2n) is 6.16. The Balaban J connectivity index is 1.60. The first-order valence-electron chi connectivity index (χ1n) is 7.60. The van der Waals surface area contributed by atoms with Gasteiger partial charge in [0.25, 0.3) is 0 Å². The summed E-state index contributed by atoms with van der Waals surface area (Å²) in [5, 5.41) is 12.6. The summed E-state index contributed by atoms with van der Waals surface area (Å²) in [5.74, 6) is 1.21. The van der Waals surface area contributed by atoms with E-state index in [0.717, 1.165) is 18.9 Å². The molecule has 0 bridgehead atoms. The van der Waals surface area contributed by atoms with Crippen molar-refractivity contribution in [2.45, 2.75) is 51.5 Å². The lowest BCUT2D eigenvalue weighted by molar-refractivity contribution is 0.225. The number of nitrogens with one attached hydrogen (secondary N) is 1. The monoisotopic (exact) mass is 261 g/mol. The topological polar surface area (TPSA) is 32.3 Å². The molecule has 106 valence electrons. The van der Waals surface area contributed by atoms with Crippen LogP contribution in [0.25, 0.3) is 0 Å². The van der Waals surface area contributed by atoms with E-state index >= 15 is 0 Å². The second-order valence-corrected chi connectivity index (χ2v) is 6.16. The predicted molar refractivity (Wildman–Crippen MR) is 80.4 cm³/mol. The molecular formula is C17H27NO. The van der Waals surface area contributed by atoms with Crippen LogP contribution in [0, 0.1) is 12.8 Å². The van der Waals surface area contributed by atoms with Gasteiger partial charge in [-0.05, 0) is 56.6 Å². The lowest BCUT2D eigenvalue weighted by Crippen LogP contribution is -2.40. The first kappa shape index (κ1) is 14.5. The molecule has 2 rings (SSSR count). The highest BCUT2D eigenvalue weighted by molar-refractivity contribution is 5.26. The summed E-state index contributed by atoms with van der Waals surface area (Å²) in [6, 6.07) is 9.69. The molecule has 0 radical (unpaired) electrons. The number of rotatable bonds is 7. The fourth-order valence-corrected chi connectivity index (χ4v) is 2.74. The zero-order valence-corrected chi connectivity index (χ0v) is 12.2. The maximum absolute atomic E-state index is 8.96. The van der Waals surface area contributed by atoms with Gasteiger partial charge in [0, 0.05) is 12.6 Å². The minimum Gasteiger partial charge on any atom is -0.396 e. The number of aryl methyl sites for hydroxylation is 1. The Kier molecular flexibility index (Phi) is 5.41. The van der Waals surface area contributed by atoms with Crippen LogP contribution in [-0.2, 0) is 0 Å². The minimum atomic E-state index is 0.318. The Labute approximate surface area is 117 Å². The van der Waals surface area contributed by atoms with E-state index in [4.69, 9.17) is 5.11 Å². The van der Waals surface area contributed by atoms with Crippen molar-refractivity contribution in [2.24, 2.45) is 5.92 Å². The first-order chi connectivity index (χ1) is 9.19. The van der Waals surface area contributed by atoms with E-state index in [0.29, 0.717) is 18.6 Å². The summed E-state index contributed by atoms with van der Waals surface area (Å²) < 4.78 is 0. The third kappa shape index (κ3) is 4.32. The summed E-state index contributed by atoms with van der Waals surface area (Å²) in [6.45, 7) is 5.66. The van der Waals surface area contributed by atoms with E-state index in [1.807, 2.05) is 0 Å². The van der Waals surface area contributed by atoms with Crippen molar-refractivity contribution in [3.8, 4) is 0 Å². The number of hydrogen-bond acceptors (Lipinski definition) is 2.